The predicted molar refractivity (Wildman–Crippen MR) is 103 cm³/mol. The number of nitrogens with one attached hydrogen (secondary N) is 1. The van der Waals surface area contributed by atoms with Crippen molar-refractivity contribution in [1.29, 1.82) is 0 Å². The number of anilines is 1. The molecule has 4 rings (SSSR count). The molecule has 1 atom stereocenters. The molecule has 0 radical (unpaired) electrons. The zero-order valence-electron chi connectivity index (χ0n) is 15.5. The molecule has 0 bridgehead atoms. The Morgan fingerprint density at radius 2 is 1.85 bits per heavy atom. The summed E-state index contributed by atoms with van der Waals surface area (Å²) in [4.78, 5) is 12.5. The molecule has 1 aromatic heterocycles. The molecule has 0 saturated heterocycles. The summed E-state index contributed by atoms with van der Waals surface area (Å²) < 4.78 is 12.9. The van der Waals surface area contributed by atoms with Gasteiger partial charge in [0.2, 0.25) is 5.91 Å². The van der Waals surface area contributed by atoms with Crippen LogP contribution in [0.5, 0.6) is 11.5 Å². The Morgan fingerprint density at radius 1 is 1.07 bits per heavy atom. The van der Waals surface area contributed by atoms with Gasteiger partial charge in [-0.2, -0.15) is 5.10 Å². The molecule has 6 heteroatoms. The zero-order chi connectivity index (χ0) is 19.0. The number of methoxy groups -OCH3 is 2. The van der Waals surface area contributed by atoms with E-state index in [0.29, 0.717) is 23.7 Å². The van der Waals surface area contributed by atoms with Crippen molar-refractivity contribution < 1.29 is 14.3 Å². The molecule has 0 unspecified atom stereocenters. The number of benzene rings is 2. The molecule has 1 N–H and O–H groups in total. The highest BCUT2D eigenvalue weighted by Crippen LogP contribution is 2.45. The van der Waals surface area contributed by atoms with Crippen LogP contribution in [0.1, 0.15) is 29.2 Å². The van der Waals surface area contributed by atoms with E-state index in [1.54, 1.807) is 18.9 Å². The number of aromatic nitrogens is 2. The number of ether oxygens (including phenoxy) is 2. The molecule has 138 valence electrons. The van der Waals surface area contributed by atoms with E-state index in [9.17, 15) is 4.79 Å². The van der Waals surface area contributed by atoms with Crippen LogP contribution in [0.25, 0.3) is 5.69 Å². The number of rotatable bonds is 4. The van der Waals surface area contributed by atoms with Crippen molar-refractivity contribution in [3.63, 3.8) is 0 Å². The van der Waals surface area contributed by atoms with Crippen LogP contribution in [0.15, 0.2) is 48.5 Å². The molecule has 0 fully saturated rings. The number of carbonyl (C=O) groups is 1. The lowest BCUT2D eigenvalue weighted by atomic mass is 9.85. The van der Waals surface area contributed by atoms with Crippen LogP contribution in [-0.2, 0) is 4.79 Å². The first-order valence-electron chi connectivity index (χ1n) is 8.79. The monoisotopic (exact) mass is 363 g/mol. The maximum Gasteiger partial charge on any atom is 0.226 e. The van der Waals surface area contributed by atoms with Gasteiger partial charge in [-0.05, 0) is 25.1 Å². The van der Waals surface area contributed by atoms with E-state index in [-0.39, 0.29) is 11.8 Å². The van der Waals surface area contributed by atoms with E-state index in [4.69, 9.17) is 14.6 Å². The molecule has 1 aliphatic heterocycles. The third-order valence-corrected chi connectivity index (χ3v) is 4.91. The van der Waals surface area contributed by atoms with E-state index in [2.05, 4.69) is 5.32 Å². The summed E-state index contributed by atoms with van der Waals surface area (Å²) in [6, 6.07) is 15.5. The van der Waals surface area contributed by atoms with Crippen molar-refractivity contribution in [2.75, 3.05) is 19.5 Å². The second-order valence-electron chi connectivity index (χ2n) is 6.48. The third kappa shape index (κ3) is 2.83. The third-order valence-electron chi connectivity index (χ3n) is 4.91. The Bertz CT molecular complexity index is 995. The normalized spacial score (nSPS) is 15.8. The van der Waals surface area contributed by atoms with Crippen molar-refractivity contribution in [2.45, 2.75) is 19.3 Å². The van der Waals surface area contributed by atoms with Crippen LogP contribution >= 0.6 is 0 Å². The minimum absolute atomic E-state index is 0.0468. The van der Waals surface area contributed by atoms with E-state index in [0.717, 1.165) is 22.5 Å². The van der Waals surface area contributed by atoms with E-state index < -0.39 is 0 Å². The van der Waals surface area contributed by atoms with Gasteiger partial charge in [0.05, 0.1) is 25.6 Å². The molecular formula is C21H21N3O3. The topological polar surface area (TPSA) is 65.4 Å². The average Bonchev–Trinajstić information content (AvgIpc) is 3.03. The number of hydrogen-bond acceptors (Lipinski definition) is 4. The Balaban J connectivity index is 1.91. The largest absolute Gasteiger partial charge is 0.493 e. The Labute approximate surface area is 157 Å². The fourth-order valence-electron chi connectivity index (χ4n) is 3.76. The molecule has 1 amide bonds. The fraction of sp³-hybridized carbons (Fsp3) is 0.238. The van der Waals surface area contributed by atoms with Crippen LogP contribution in [0, 0.1) is 6.92 Å². The molecule has 27 heavy (non-hydrogen) atoms. The molecule has 0 aliphatic carbocycles. The SMILES string of the molecule is COc1cccc([C@H]2CC(=O)Nc3c2c(C)nn3-c2ccccc2)c1OC. The predicted octanol–water partition coefficient (Wildman–Crippen LogP) is 3.67. The average molecular weight is 363 g/mol. The van der Waals surface area contributed by atoms with Crippen LogP contribution in [0.3, 0.4) is 0 Å². The van der Waals surface area contributed by atoms with E-state index in [1.807, 2.05) is 55.5 Å². The molecule has 3 aromatic rings. The van der Waals surface area contributed by atoms with Gasteiger partial charge >= 0.3 is 0 Å². The number of nitrogens with zero attached hydrogens (tertiary/aromatic N) is 2. The Hall–Kier alpha value is -3.28. The van der Waals surface area contributed by atoms with Crippen LogP contribution in [-0.4, -0.2) is 29.9 Å². The highest BCUT2D eigenvalue weighted by Gasteiger charge is 2.34. The lowest BCUT2D eigenvalue weighted by molar-refractivity contribution is -0.116. The van der Waals surface area contributed by atoms with Crippen molar-refractivity contribution >= 4 is 11.7 Å². The van der Waals surface area contributed by atoms with Gasteiger partial charge in [0.25, 0.3) is 0 Å². The van der Waals surface area contributed by atoms with Crippen LogP contribution < -0.4 is 14.8 Å². The van der Waals surface area contributed by atoms with Crippen LogP contribution in [0.2, 0.25) is 0 Å². The van der Waals surface area contributed by atoms with Gasteiger partial charge in [0.15, 0.2) is 11.5 Å². The zero-order valence-corrected chi connectivity index (χ0v) is 15.5. The quantitative estimate of drug-likeness (QED) is 0.768. The summed E-state index contributed by atoms with van der Waals surface area (Å²) in [6.45, 7) is 1.97. The van der Waals surface area contributed by atoms with Gasteiger partial charge in [-0.3, -0.25) is 4.79 Å². The van der Waals surface area contributed by atoms with Crippen molar-refractivity contribution in [2.24, 2.45) is 0 Å². The number of amides is 1. The highest BCUT2D eigenvalue weighted by molar-refractivity contribution is 5.95. The lowest BCUT2D eigenvalue weighted by Crippen LogP contribution is -2.25. The van der Waals surface area contributed by atoms with Gasteiger partial charge < -0.3 is 14.8 Å². The Morgan fingerprint density at radius 3 is 2.56 bits per heavy atom. The van der Waals surface area contributed by atoms with E-state index in [1.165, 1.54) is 0 Å². The molecular weight excluding hydrogens is 342 g/mol. The number of fused-ring (bicyclic) bond motifs is 1. The van der Waals surface area contributed by atoms with E-state index >= 15 is 0 Å². The number of aryl methyl sites for hydroxylation is 1. The number of hydrogen-bond donors (Lipinski definition) is 1. The Kier molecular flexibility index (Phi) is 4.32. The van der Waals surface area contributed by atoms with Crippen molar-refractivity contribution in [1.82, 2.24) is 9.78 Å². The fourth-order valence-corrected chi connectivity index (χ4v) is 3.76. The summed E-state index contributed by atoms with van der Waals surface area (Å²) >= 11 is 0. The summed E-state index contributed by atoms with van der Waals surface area (Å²) in [7, 11) is 3.23. The molecule has 0 saturated carbocycles. The first-order valence-corrected chi connectivity index (χ1v) is 8.79. The number of carbonyl (C=O) groups excluding carboxylic acids is 1. The summed E-state index contributed by atoms with van der Waals surface area (Å²) in [6.07, 6.45) is 0.331. The van der Waals surface area contributed by atoms with Gasteiger partial charge in [-0.1, -0.05) is 30.3 Å². The summed E-state index contributed by atoms with van der Waals surface area (Å²) in [5.74, 6) is 1.81. The molecule has 6 nitrogen and oxygen atoms in total. The maximum atomic E-state index is 12.5. The first kappa shape index (κ1) is 17.1. The lowest BCUT2D eigenvalue weighted by Gasteiger charge is -2.26. The van der Waals surface area contributed by atoms with Gasteiger partial charge in [-0.15, -0.1) is 0 Å². The second-order valence-corrected chi connectivity index (χ2v) is 6.48. The maximum absolute atomic E-state index is 12.5. The highest BCUT2D eigenvalue weighted by atomic mass is 16.5. The first-order chi connectivity index (χ1) is 13.1. The molecule has 2 heterocycles. The minimum Gasteiger partial charge on any atom is -0.493 e. The molecule has 2 aromatic carbocycles. The van der Waals surface area contributed by atoms with Crippen LogP contribution in [0.4, 0.5) is 5.82 Å². The van der Waals surface area contributed by atoms with Crippen molar-refractivity contribution in [3.05, 3.63) is 65.4 Å². The van der Waals surface area contributed by atoms with Gasteiger partial charge in [0.1, 0.15) is 5.82 Å². The molecule has 1 aliphatic rings. The standard InChI is InChI=1S/C21H21N3O3/c1-13-19-16(15-10-7-11-17(26-2)20(15)27-3)12-18(25)22-21(19)24(23-13)14-8-5-4-6-9-14/h4-11,16H,12H2,1-3H3,(H,22,25)/t16-/m1/s1. The van der Waals surface area contributed by atoms with Crippen molar-refractivity contribution in [3.8, 4) is 17.2 Å². The second kappa shape index (κ2) is 6.79. The molecule has 0 spiro atoms. The summed E-state index contributed by atoms with van der Waals surface area (Å²) in [5, 5.41) is 7.70. The van der Waals surface area contributed by atoms with Gasteiger partial charge in [-0.25, -0.2) is 4.68 Å². The summed E-state index contributed by atoms with van der Waals surface area (Å²) in [5.41, 5.74) is 3.71. The number of para-hydroxylation sites is 2. The minimum atomic E-state index is -0.156. The van der Waals surface area contributed by atoms with Gasteiger partial charge in [0, 0.05) is 23.5 Å². The smallest absolute Gasteiger partial charge is 0.226 e.